The molecule has 22 heavy (non-hydrogen) atoms. The monoisotopic (exact) mass is 311 g/mol. The van der Waals surface area contributed by atoms with Crippen molar-refractivity contribution in [2.45, 2.75) is 13.8 Å². The summed E-state index contributed by atoms with van der Waals surface area (Å²) in [5, 5.41) is 6.68. The first-order valence-electron chi connectivity index (χ1n) is 7.09. The van der Waals surface area contributed by atoms with Crippen LogP contribution in [0.3, 0.4) is 0 Å². The van der Waals surface area contributed by atoms with Crippen LogP contribution in [0.15, 0.2) is 42.5 Å². The number of rotatable bonds is 4. The fourth-order valence-corrected chi connectivity index (χ4v) is 3.23. The van der Waals surface area contributed by atoms with Gasteiger partial charge in [-0.2, -0.15) is 0 Å². The lowest BCUT2D eigenvalue weighted by atomic mass is 10.1. The van der Waals surface area contributed by atoms with Crippen molar-refractivity contribution in [3.05, 3.63) is 53.6 Å². The quantitative estimate of drug-likeness (QED) is 0.766. The number of hydrogen-bond acceptors (Lipinski definition) is 4. The van der Waals surface area contributed by atoms with Crippen LogP contribution in [0.2, 0.25) is 0 Å². The summed E-state index contributed by atoms with van der Waals surface area (Å²) in [4.78, 5) is 16.5. The summed E-state index contributed by atoms with van der Waals surface area (Å²) >= 11 is 1.48. The highest BCUT2D eigenvalue weighted by Gasteiger charge is 2.08. The van der Waals surface area contributed by atoms with Gasteiger partial charge < -0.3 is 10.6 Å². The molecule has 0 aliphatic carbocycles. The van der Waals surface area contributed by atoms with E-state index in [0.717, 1.165) is 27.0 Å². The molecule has 0 unspecified atom stereocenters. The van der Waals surface area contributed by atoms with Gasteiger partial charge in [-0.1, -0.05) is 41.7 Å². The molecule has 2 aromatic carbocycles. The number of hydrogen-bond donors (Lipinski definition) is 2. The molecule has 3 aromatic rings. The Bertz CT molecular complexity index is 772. The van der Waals surface area contributed by atoms with Gasteiger partial charge in [0.25, 0.3) is 0 Å². The molecular formula is C17H17N3OS. The third-order valence-corrected chi connectivity index (χ3v) is 4.40. The van der Waals surface area contributed by atoms with E-state index in [-0.39, 0.29) is 12.5 Å². The van der Waals surface area contributed by atoms with Crippen LogP contribution in [0.4, 0.5) is 10.8 Å². The normalized spacial score (nSPS) is 10.6. The van der Waals surface area contributed by atoms with Crippen LogP contribution in [0.25, 0.3) is 10.2 Å². The van der Waals surface area contributed by atoms with E-state index in [0.29, 0.717) is 5.13 Å². The van der Waals surface area contributed by atoms with Crippen molar-refractivity contribution in [1.29, 1.82) is 0 Å². The third-order valence-electron chi connectivity index (χ3n) is 3.45. The largest absolute Gasteiger partial charge is 0.376 e. The number of nitrogens with zero attached hydrogens (tertiary/aromatic N) is 1. The molecule has 4 nitrogen and oxygen atoms in total. The number of amides is 1. The molecule has 3 rings (SSSR count). The first-order valence-corrected chi connectivity index (χ1v) is 7.90. The Morgan fingerprint density at radius 3 is 2.55 bits per heavy atom. The van der Waals surface area contributed by atoms with Crippen molar-refractivity contribution >= 4 is 38.3 Å². The van der Waals surface area contributed by atoms with E-state index in [1.807, 2.05) is 56.3 Å². The van der Waals surface area contributed by atoms with E-state index in [4.69, 9.17) is 0 Å². The number of aromatic nitrogens is 1. The predicted molar refractivity (Wildman–Crippen MR) is 92.7 cm³/mol. The van der Waals surface area contributed by atoms with E-state index in [2.05, 4.69) is 15.6 Å². The van der Waals surface area contributed by atoms with E-state index in [1.165, 1.54) is 11.3 Å². The van der Waals surface area contributed by atoms with Crippen LogP contribution >= 0.6 is 11.3 Å². The number of carbonyl (C=O) groups is 1. The Morgan fingerprint density at radius 1 is 1.09 bits per heavy atom. The summed E-state index contributed by atoms with van der Waals surface area (Å²) < 4.78 is 1.07. The fraction of sp³-hybridized carbons (Fsp3) is 0.176. The molecule has 0 fully saturated rings. The number of thiazole rings is 1. The summed E-state index contributed by atoms with van der Waals surface area (Å²) in [6.07, 6.45) is 0. The van der Waals surface area contributed by atoms with Crippen molar-refractivity contribution in [3.63, 3.8) is 0 Å². The number of carbonyl (C=O) groups excluding carboxylic acids is 1. The lowest BCUT2D eigenvalue weighted by Gasteiger charge is -2.11. The maximum absolute atomic E-state index is 12.1. The van der Waals surface area contributed by atoms with Gasteiger partial charge in [0.2, 0.25) is 5.91 Å². The molecule has 1 aromatic heterocycles. The highest BCUT2D eigenvalue weighted by Crippen LogP contribution is 2.25. The molecule has 2 N–H and O–H groups in total. The molecule has 1 heterocycles. The Morgan fingerprint density at radius 2 is 1.82 bits per heavy atom. The van der Waals surface area contributed by atoms with Gasteiger partial charge in [0.15, 0.2) is 5.13 Å². The van der Waals surface area contributed by atoms with Crippen LogP contribution in [0, 0.1) is 13.8 Å². The number of nitrogens with one attached hydrogen (secondary N) is 2. The molecule has 0 spiro atoms. The van der Waals surface area contributed by atoms with Gasteiger partial charge in [0.1, 0.15) is 0 Å². The van der Waals surface area contributed by atoms with Gasteiger partial charge in [-0.25, -0.2) is 4.98 Å². The van der Waals surface area contributed by atoms with E-state index in [9.17, 15) is 4.79 Å². The highest BCUT2D eigenvalue weighted by atomic mass is 32.1. The minimum absolute atomic E-state index is 0.0956. The first kappa shape index (κ1) is 14.5. The SMILES string of the molecule is Cc1cccc(C)c1NCC(=O)Nc1nc2ccccc2s1. The van der Waals surface area contributed by atoms with Crippen LogP contribution in [0.1, 0.15) is 11.1 Å². The smallest absolute Gasteiger partial charge is 0.245 e. The Hall–Kier alpha value is -2.40. The molecule has 0 saturated carbocycles. The predicted octanol–water partition coefficient (Wildman–Crippen LogP) is 3.96. The Balaban J connectivity index is 1.65. The van der Waals surface area contributed by atoms with Crippen LogP contribution in [0.5, 0.6) is 0 Å². The molecule has 0 aliphatic rings. The average Bonchev–Trinajstić information content (AvgIpc) is 2.88. The van der Waals surface area contributed by atoms with E-state index < -0.39 is 0 Å². The number of benzene rings is 2. The second-order valence-corrected chi connectivity index (χ2v) is 6.19. The van der Waals surface area contributed by atoms with Gasteiger partial charge in [-0.15, -0.1) is 0 Å². The maximum atomic E-state index is 12.1. The highest BCUT2D eigenvalue weighted by molar-refractivity contribution is 7.22. The maximum Gasteiger partial charge on any atom is 0.245 e. The van der Waals surface area contributed by atoms with Gasteiger partial charge in [-0.05, 0) is 37.1 Å². The molecule has 0 bridgehead atoms. The minimum atomic E-state index is -0.0956. The topological polar surface area (TPSA) is 54.0 Å². The summed E-state index contributed by atoms with van der Waals surface area (Å²) in [7, 11) is 0. The second kappa shape index (κ2) is 6.15. The van der Waals surface area contributed by atoms with Gasteiger partial charge >= 0.3 is 0 Å². The summed E-state index contributed by atoms with van der Waals surface area (Å²) in [6, 6.07) is 13.9. The molecule has 5 heteroatoms. The number of aryl methyl sites for hydroxylation is 2. The number of fused-ring (bicyclic) bond motifs is 1. The summed E-state index contributed by atoms with van der Waals surface area (Å²) in [6.45, 7) is 4.28. The standard InChI is InChI=1S/C17H17N3OS/c1-11-6-5-7-12(2)16(11)18-10-15(21)20-17-19-13-8-3-4-9-14(13)22-17/h3-9,18H,10H2,1-2H3,(H,19,20,21). The number of anilines is 2. The number of para-hydroxylation sites is 2. The molecular weight excluding hydrogens is 294 g/mol. The summed E-state index contributed by atoms with van der Waals surface area (Å²) in [5.41, 5.74) is 4.19. The van der Waals surface area contributed by atoms with Crippen molar-refractivity contribution in [3.8, 4) is 0 Å². The van der Waals surface area contributed by atoms with Crippen molar-refractivity contribution in [2.24, 2.45) is 0 Å². The third kappa shape index (κ3) is 3.09. The van der Waals surface area contributed by atoms with Gasteiger partial charge in [0.05, 0.1) is 16.8 Å². The zero-order chi connectivity index (χ0) is 15.5. The zero-order valence-electron chi connectivity index (χ0n) is 12.5. The summed E-state index contributed by atoms with van der Waals surface area (Å²) in [5.74, 6) is -0.0956. The van der Waals surface area contributed by atoms with Crippen molar-refractivity contribution in [1.82, 2.24) is 4.98 Å². The van der Waals surface area contributed by atoms with Gasteiger partial charge in [0, 0.05) is 5.69 Å². The zero-order valence-corrected chi connectivity index (χ0v) is 13.3. The first-order chi connectivity index (χ1) is 10.6. The van der Waals surface area contributed by atoms with E-state index >= 15 is 0 Å². The fourth-order valence-electron chi connectivity index (χ4n) is 2.35. The lowest BCUT2D eigenvalue weighted by molar-refractivity contribution is -0.114. The Kier molecular flexibility index (Phi) is 4.06. The van der Waals surface area contributed by atoms with Crippen molar-refractivity contribution < 1.29 is 4.79 Å². The lowest BCUT2D eigenvalue weighted by Crippen LogP contribution is -2.22. The molecule has 1 amide bonds. The molecule has 0 aliphatic heterocycles. The van der Waals surface area contributed by atoms with Crippen LogP contribution in [-0.2, 0) is 4.79 Å². The van der Waals surface area contributed by atoms with Crippen LogP contribution in [-0.4, -0.2) is 17.4 Å². The average molecular weight is 311 g/mol. The molecule has 0 radical (unpaired) electrons. The van der Waals surface area contributed by atoms with E-state index in [1.54, 1.807) is 0 Å². The second-order valence-electron chi connectivity index (χ2n) is 5.16. The molecule has 112 valence electrons. The van der Waals surface area contributed by atoms with Crippen molar-refractivity contribution in [2.75, 3.05) is 17.2 Å². The Labute approximate surface area is 133 Å². The van der Waals surface area contributed by atoms with Gasteiger partial charge in [-0.3, -0.25) is 4.79 Å². The molecule has 0 saturated heterocycles. The molecule has 0 atom stereocenters. The minimum Gasteiger partial charge on any atom is -0.376 e. The van der Waals surface area contributed by atoms with Crippen LogP contribution < -0.4 is 10.6 Å².